The molecule has 0 spiro atoms. The average molecular weight is 727 g/mol. The van der Waals surface area contributed by atoms with Gasteiger partial charge in [0, 0.05) is 31.4 Å². The normalized spacial score (nSPS) is 14.6. The van der Waals surface area contributed by atoms with Crippen molar-refractivity contribution in [3.63, 3.8) is 0 Å². The van der Waals surface area contributed by atoms with E-state index in [1.54, 1.807) is 14.2 Å². The number of fused-ring (bicyclic) bond motifs is 3. The molecule has 48 heavy (non-hydrogen) atoms. The number of phenolic OH excluding ortho intramolecular Hbond substituents is 1. The Hall–Kier alpha value is -3.77. The first-order valence-corrected chi connectivity index (χ1v) is 15.9. The maximum Gasteiger partial charge on any atom is 0.460 e. The number of alkyl halides is 9. The fraction of sp³-hybridized carbons (Fsp3) is 0.226. The molecule has 4 aromatic carbocycles. The summed E-state index contributed by atoms with van der Waals surface area (Å²) in [7, 11) is -4.60. The van der Waals surface area contributed by atoms with E-state index in [-0.39, 0.29) is 5.75 Å². The van der Waals surface area contributed by atoms with Crippen molar-refractivity contribution in [1.82, 2.24) is 0 Å². The lowest BCUT2D eigenvalue weighted by Crippen LogP contribution is -2.63. The predicted molar refractivity (Wildman–Crippen MR) is 154 cm³/mol. The summed E-state index contributed by atoms with van der Waals surface area (Å²) < 4.78 is 147. The molecule has 0 unspecified atom stereocenters. The molecule has 1 N–H and O–H groups in total. The van der Waals surface area contributed by atoms with E-state index in [1.165, 1.54) is 0 Å². The Labute approximate surface area is 270 Å². The van der Waals surface area contributed by atoms with E-state index in [9.17, 15) is 57.6 Å². The molecule has 5 rings (SSSR count). The monoisotopic (exact) mass is 726 g/mol. The fourth-order valence-corrected chi connectivity index (χ4v) is 7.51. The Morgan fingerprint density at radius 2 is 1.12 bits per heavy atom. The Bertz CT molecular complexity index is 1830. The molecule has 1 aliphatic carbocycles. The van der Waals surface area contributed by atoms with Crippen LogP contribution in [0.3, 0.4) is 0 Å². The molecule has 4 aromatic rings. The molecule has 0 aliphatic heterocycles. The minimum absolute atomic E-state index is 0.237. The number of halogens is 9. The molecule has 0 atom stereocenters. The minimum Gasteiger partial charge on any atom is -0.743 e. The summed E-state index contributed by atoms with van der Waals surface area (Å²) >= 11 is 0. The predicted octanol–water partition coefficient (Wildman–Crippen LogP) is 7.92. The summed E-state index contributed by atoms with van der Waals surface area (Å²) in [4.78, 5) is 3.19. The molecule has 0 fully saturated rings. The van der Waals surface area contributed by atoms with Crippen LogP contribution >= 0.6 is 0 Å². The lowest BCUT2D eigenvalue weighted by molar-refractivity contribution is -0.382. The molecule has 17 heteroatoms. The number of phenols is 1. The average Bonchev–Trinajstić information content (AvgIpc) is 3.30. The zero-order valence-corrected chi connectivity index (χ0v) is 26.1. The van der Waals surface area contributed by atoms with Crippen LogP contribution in [0.1, 0.15) is 11.1 Å². The highest BCUT2D eigenvalue weighted by atomic mass is 32.2. The third kappa shape index (κ3) is 6.02. The second-order valence-electron chi connectivity index (χ2n) is 9.99. The van der Waals surface area contributed by atoms with Gasteiger partial charge >= 0.3 is 23.3 Å². The first-order valence-electron chi connectivity index (χ1n) is 13.3. The highest BCUT2D eigenvalue weighted by Crippen LogP contribution is 2.55. The first-order chi connectivity index (χ1) is 22.2. The van der Waals surface area contributed by atoms with Crippen LogP contribution in [0.2, 0.25) is 0 Å². The van der Waals surface area contributed by atoms with E-state index in [1.807, 2.05) is 60.7 Å². The van der Waals surface area contributed by atoms with Gasteiger partial charge in [-0.1, -0.05) is 60.7 Å². The number of ether oxygens (including phenoxy) is 2. The maximum absolute atomic E-state index is 12.2. The van der Waals surface area contributed by atoms with Crippen molar-refractivity contribution in [3.05, 3.63) is 108 Å². The highest BCUT2D eigenvalue weighted by molar-refractivity contribution is 7.97. The van der Waals surface area contributed by atoms with Crippen LogP contribution in [0.25, 0.3) is 11.1 Å². The van der Waals surface area contributed by atoms with E-state index in [0.717, 1.165) is 36.9 Å². The lowest BCUT2D eigenvalue weighted by atomic mass is 10.0. The molecule has 0 heterocycles. The van der Waals surface area contributed by atoms with Crippen LogP contribution in [-0.2, 0) is 36.3 Å². The quantitative estimate of drug-likeness (QED) is 0.0859. The van der Waals surface area contributed by atoms with Crippen LogP contribution in [0, 0.1) is 0 Å². The van der Waals surface area contributed by atoms with Gasteiger partial charge in [0.15, 0.2) is 25.7 Å². The van der Waals surface area contributed by atoms with Crippen LogP contribution in [0.4, 0.5) is 39.5 Å². The Balaban J connectivity index is 0.000000263. The third-order valence-electron chi connectivity index (χ3n) is 7.21. The number of benzene rings is 4. The van der Waals surface area contributed by atoms with Gasteiger partial charge in [-0.15, -0.1) is 0 Å². The van der Waals surface area contributed by atoms with Crippen LogP contribution < -0.4 is 0 Å². The van der Waals surface area contributed by atoms with Crippen molar-refractivity contribution in [2.24, 2.45) is 0 Å². The molecule has 0 bridgehead atoms. The zero-order valence-electron chi connectivity index (χ0n) is 24.4. The van der Waals surface area contributed by atoms with Crippen molar-refractivity contribution in [3.8, 4) is 16.9 Å². The molecular formula is C31H23F9O6S2. The van der Waals surface area contributed by atoms with Gasteiger partial charge in [-0.05, 0) is 41.5 Å². The van der Waals surface area contributed by atoms with E-state index >= 15 is 0 Å². The molecule has 1 aliphatic rings. The summed E-state index contributed by atoms with van der Waals surface area (Å²) in [6.07, 6.45) is -7.16. The van der Waals surface area contributed by atoms with Crippen molar-refractivity contribution in [2.75, 3.05) is 14.2 Å². The van der Waals surface area contributed by atoms with Crippen molar-refractivity contribution in [1.29, 1.82) is 0 Å². The first kappa shape index (κ1) is 37.1. The van der Waals surface area contributed by atoms with E-state index < -0.39 is 50.1 Å². The molecule has 258 valence electrons. The molecule has 0 saturated carbocycles. The number of methoxy groups -OCH3 is 2. The second kappa shape index (κ2) is 12.9. The third-order valence-corrected chi connectivity index (χ3v) is 10.3. The maximum atomic E-state index is 12.2. The summed E-state index contributed by atoms with van der Waals surface area (Å²) in [5.41, 5.74) is 3.86. The topological polar surface area (TPSA) is 95.9 Å². The van der Waals surface area contributed by atoms with Gasteiger partial charge in [0.2, 0.25) is 10.7 Å². The van der Waals surface area contributed by atoms with Crippen molar-refractivity contribution in [2.45, 2.75) is 43.7 Å². The standard InChI is InChI=1S/C27H22O3S.C4HF9O3S/c1-29-27(30-2)23-16-10-9-15-21(23)22-17-26(25(28)18-24(22)27)31(19-11-5-3-6-12-19)20-13-7-4-8-14-20;5-1(6,3(9,10)11)2(7,8)4(12,13)17(14,15)16/h3-18H,1-2H3;(H,14,15,16). The highest BCUT2D eigenvalue weighted by Gasteiger charge is 2.83. The van der Waals surface area contributed by atoms with Gasteiger partial charge in [-0.3, -0.25) is 0 Å². The molecule has 0 radical (unpaired) electrons. The van der Waals surface area contributed by atoms with Gasteiger partial charge in [-0.2, -0.15) is 39.5 Å². The Morgan fingerprint density at radius 1 is 0.667 bits per heavy atom. The lowest BCUT2D eigenvalue weighted by Gasteiger charge is -2.34. The Kier molecular flexibility index (Phi) is 9.98. The number of hydrogen-bond acceptors (Lipinski definition) is 6. The number of rotatable bonds is 8. The molecule has 0 aromatic heterocycles. The molecule has 6 nitrogen and oxygen atoms in total. The number of hydrogen-bond donors (Lipinski definition) is 1. The van der Waals surface area contributed by atoms with E-state index in [2.05, 4.69) is 36.4 Å². The largest absolute Gasteiger partial charge is 0.743 e. The van der Waals surface area contributed by atoms with Gasteiger partial charge in [0.05, 0.1) is 0 Å². The van der Waals surface area contributed by atoms with Crippen LogP contribution in [0.15, 0.2) is 112 Å². The smallest absolute Gasteiger partial charge is 0.460 e. The van der Waals surface area contributed by atoms with Gasteiger partial charge in [0.1, 0.15) is 10.9 Å². The van der Waals surface area contributed by atoms with Gasteiger partial charge in [0.25, 0.3) is 0 Å². The summed E-state index contributed by atoms with van der Waals surface area (Å²) in [6, 6.07) is 32.7. The molecule has 0 amide bonds. The minimum atomic E-state index is -7.43. The number of aromatic hydroxyl groups is 1. The van der Waals surface area contributed by atoms with Gasteiger partial charge in [-0.25, -0.2) is 8.42 Å². The zero-order chi connectivity index (χ0) is 35.9. The molecular weight excluding hydrogens is 703 g/mol. The second-order valence-corrected chi connectivity index (χ2v) is 13.4. The summed E-state index contributed by atoms with van der Waals surface area (Å²) in [5, 5.41) is 4.15. The van der Waals surface area contributed by atoms with Crippen molar-refractivity contribution < 1.29 is 67.1 Å². The van der Waals surface area contributed by atoms with Crippen molar-refractivity contribution >= 4 is 21.0 Å². The Morgan fingerprint density at radius 3 is 1.56 bits per heavy atom. The van der Waals surface area contributed by atoms with Crippen LogP contribution in [0.5, 0.6) is 5.75 Å². The summed E-state index contributed by atoms with van der Waals surface area (Å²) in [5.74, 6) is -15.6. The molecule has 0 saturated heterocycles. The summed E-state index contributed by atoms with van der Waals surface area (Å²) in [6.45, 7) is 0. The SMILES string of the molecule is COC1(OC)c2ccccc2-c2cc([S+](c3ccccc3)c3ccccc3)c(O)cc21.O=S(=O)([O-])C(F)(F)C(F)(F)C(F)(F)C(F)(F)F. The van der Waals surface area contributed by atoms with E-state index in [0.29, 0.717) is 0 Å². The van der Waals surface area contributed by atoms with E-state index in [4.69, 9.17) is 9.47 Å². The van der Waals surface area contributed by atoms with Crippen LogP contribution in [-0.4, -0.2) is 55.6 Å². The van der Waals surface area contributed by atoms with Gasteiger partial charge < -0.3 is 19.1 Å². The fourth-order valence-electron chi connectivity index (χ4n) is 4.92.